The molecule has 1 aliphatic carbocycles. The first kappa shape index (κ1) is 18.1. The van der Waals surface area contributed by atoms with Crippen molar-refractivity contribution in [2.75, 3.05) is 5.75 Å². The molecule has 0 radical (unpaired) electrons. The lowest BCUT2D eigenvalue weighted by molar-refractivity contribution is -0.119. The van der Waals surface area contributed by atoms with Gasteiger partial charge in [0.1, 0.15) is 5.54 Å². The summed E-state index contributed by atoms with van der Waals surface area (Å²) in [4.78, 5) is 12.2. The topological polar surface area (TPSA) is 70.7 Å². The number of thioether (sulfide) groups is 1. The second kappa shape index (κ2) is 7.68. The molecule has 1 aliphatic rings. The summed E-state index contributed by atoms with van der Waals surface area (Å²) in [5.74, 6) is 0.108. The summed E-state index contributed by atoms with van der Waals surface area (Å²) < 4.78 is 3.14. The van der Waals surface area contributed by atoms with Crippen LogP contribution in [0.15, 0.2) is 28.6 Å². The first-order chi connectivity index (χ1) is 12.0. The molecule has 5 nitrogen and oxygen atoms in total. The lowest BCUT2D eigenvalue weighted by atomic mass is 10.0. The molecule has 0 spiro atoms. The van der Waals surface area contributed by atoms with Gasteiger partial charge in [0.15, 0.2) is 8.29 Å². The van der Waals surface area contributed by atoms with Crippen molar-refractivity contribution in [1.82, 2.24) is 15.1 Å². The van der Waals surface area contributed by atoms with Crippen LogP contribution in [0.3, 0.4) is 0 Å². The average molecular weight is 391 g/mol. The summed E-state index contributed by atoms with van der Waals surface area (Å²) >= 11 is 8.16. The van der Waals surface area contributed by atoms with E-state index in [1.54, 1.807) is 4.68 Å². The maximum Gasteiger partial charge on any atom is 0.231 e. The number of hydrogen-bond donors (Lipinski definition) is 1. The first-order valence-electron chi connectivity index (χ1n) is 8.04. The molecule has 3 rings (SSSR count). The summed E-state index contributed by atoms with van der Waals surface area (Å²) in [6.07, 6.45) is 3.45. The zero-order valence-corrected chi connectivity index (χ0v) is 16.3. The molecule has 1 heterocycles. The van der Waals surface area contributed by atoms with E-state index in [9.17, 15) is 10.1 Å². The minimum Gasteiger partial charge on any atom is -0.337 e. The predicted molar refractivity (Wildman–Crippen MR) is 103 cm³/mol. The number of carbonyl (C=O) groups excluding carboxylic acids is 1. The van der Waals surface area contributed by atoms with Gasteiger partial charge in [0.2, 0.25) is 5.91 Å². The Morgan fingerprint density at radius 2 is 2.20 bits per heavy atom. The van der Waals surface area contributed by atoms with Crippen molar-refractivity contribution >= 4 is 41.2 Å². The third-order valence-electron chi connectivity index (χ3n) is 4.25. The van der Waals surface area contributed by atoms with E-state index in [2.05, 4.69) is 16.5 Å². The Hall–Kier alpha value is -1.69. The van der Waals surface area contributed by atoms with Crippen molar-refractivity contribution in [3.05, 3.63) is 33.8 Å². The van der Waals surface area contributed by atoms with Gasteiger partial charge < -0.3 is 5.32 Å². The largest absolute Gasteiger partial charge is 0.337 e. The van der Waals surface area contributed by atoms with Crippen LogP contribution in [-0.4, -0.2) is 27.0 Å². The van der Waals surface area contributed by atoms with E-state index in [4.69, 9.17) is 12.2 Å². The highest BCUT2D eigenvalue weighted by Crippen LogP contribution is 2.30. The van der Waals surface area contributed by atoms with Crippen molar-refractivity contribution in [3.63, 3.8) is 0 Å². The normalized spacial score (nSPS) is 15.7. The Labute approximate surface area is 160 Å². The molecule has 0 bridgehead atoms. The number of aromatic nitrogens is 2. The highest BCUT2D eigenvalue weighted by molar-refractivity contribution is 8.01. The minimum atomic E-state index is -0.676. The molecule has 2 aromatic rings. The van der Waals surface area contributed by atoms with Gasteiger partial charge in [-0.1, -0.05) is 41.3 Å². The van der Waals surface area contributed by atoms with Crippen molar-refractivity contribution in [2.24, 2.45) is 0 Å². The standard InChI is InChI=1S/C17H18N4OS3/c1-12-6-2-3-7-13(12)21-16(23)25-15(20-21)24-10-14(22)19-17(11-18)8-4-5-9-17/h2-3,6-7H,4-5,8-10H2,1H3,(H,19,22). The van der Waals surface area contributed by atoms with E-state index in [-0.39, 0.29) is 11.7 Å². The van der Waals surface area contributed by atoms with Gasteiger partial charge in [-0.3, -0.25) is 4.79 Å². The molecule has 1 amide bonds. The number of carbonyl (C=O) groups is 1. The van der Waals surface area contributed by atoms with Crippen LogP contribution in [0, 0.1) is 22.2 Å². The quantitative estimate of drug-likeness (QED) is 0.617. The minimum absolute atomic E-state index is 0.128. The Bertz CT molecular complexity index is 875. The van der Waals surface area contributed by atoms with Crippen molar-refractivity contribution in [1.29, 1.82) is 5.26 Å². The number of para-hydroxylation sites is 1. The van der Waals surface area contributed by atoms with E-state index in [1.807, 2.05) is 31.2 Å². The smallest absolute Gasteiger partial charge is 0.231 e. The number of nitrogens with one attached hydrogen (secondary N) is 1. The number of nitriles is 1. The number of nitrogens with zero attached hydrogens (tertiary/aromatic N) is 3. The van der Waals surface area contributed by atoms with Crippen LogP contribution >= 0.6 is 35.3 Å². The summed E-state index contributed by atoms with van der Waals surface area (Å²) in [6, 6.07) is 10.2. The fourth-order valence-electron chi connectivity index (χ4n) is 2.95. The van der Waals surface area contributed by atoms with Crippen LogP contribution < -0.4 is 5.32 Å². The Morgan fingerprint density at radius 1 is 1.48 bits per heavy atom. The Morgan fingerprint density at radius 3 is 2.88 bits per heavy atom. The van der Waals surface area contributed by atoms with Crippen LogP contribution in [0.25, 0.3) is 5.69 Å². The number of amides is 1. The summed E-state index contributed by atoms with van der Waals surface area (Å²) in [6.45, 7) is 2.01. The molecule has 0 atom stereocenters. The fraction of sp³-hybridized carbons (Fsp3) is 0.412. The maximum atomic E-state index is 12.2. The Balaban J connectivity index is 1.66. The van der Waals surface area contributed by atoms with Gasteiger partial charge in [0.05, 0.1) is 17.5 Å². The third kappa shape index (κ3) is 4.11. The second-order valence-corrected chi connectivity index (χ2v) is 8.92. The van der Waals surface area contributed by atoms with Gasteiger partial charge in [-0.15, -0.1) is 5.10 Å². The van der Waals surface area contributed by atoms with Crippen LogP contribution in [-0.2, 0) is 4.79 Å². The number of hydrogen-bond acceptors (Lipinski definition) is 6. The van der Waals surface area contributed by atoms with E-state index >= 15 is 0 Å². The molecule has 0 saturated heterocycles. The molecular formula is C17H18N4OS3. The van der Waals surface area contributed by atoms with Crippen molar-refractivity contribution in [3.8, 4) is 11.8 Å². The summed E-state index contributed by atoms with van der Waals surface area (Å²) in [7, 11) is 0. The van der Waals surface area contributed by atoms with Crippen LogP contribution in [0.5, 0.6) is 0 Å². The van der Waals surface area contributed by atoms with E-state index in [0.717, 1.165) is 41.3 Å². The highest BCUT2D eigenvalue weighted by Gasteiger charge is 2.35. The fourth-order valence-corrected chi connectivity index (χ4v) is 5.09. The number of benzene rings is 1. The SMILES string of the molecule is Cc1ccccc1-n1nc(SCC(=O)NC2(C#N)CCCC2)sc1=S. The molecule has 1 N–H and O–H groups in total. The molecule has 1 aromatic heterocycles. The predicted octanol–water partition coefficient (Wildman–Crippen LogP) is 4.02. The van der Waals surface area contributed by atoms with Gasteiger partial charge in [0.25, 0.3) is 0 Å². The summed E-state index contributed by atoms with van der Waals surface area (Å²) in [5.41, 5.74) is 1.37. The molecule has 130 valence electrons. The van der Waals surface area contributed by atoms with Gasteiger partial charge in [-0.25, -0.2) is 4.68 Å². The summed E-state index contributed by atoms with van der Waals surface area (Å²) in [5, 5.41) is 16.8. The molecule has 1 aromatic carbocycles. The first-order valence-corrected chi connectivity index (χ1v) is 10.3. The number of aryl methyl sites for hydroxylation is 1. The molecule has 1 saturated carbocycles. The van der Waals surface area contributed by atoms with Crippen LogP contribution in [0.4, 0.5) is 0 Å². The van der Waals surface area contributed by atoms with Crippen LogP contribution in [0.1, 0.15) is 31.2 Å². The third-order valence-corrected chi connectivity index (χ3v) is 6.61. The van der Waals surface area contributed by atoms with E-state index in [1.165, 1.54) is 23.1 Å². The molecule has 0 unspecified atom stereocenters. The van der Waals surface area contributed by atoms with Gasteiger partial charge in [-0.2, -0.15) is 5.26 Å². The highest BCUT2D eigenvalue weighted by atomic mass is 32.2. The zero-order chi connectivity index (χ0) is 17.9. The monoisotopic (exact) mass is 390 g/mol. The van der Waals surface area contributed by atoms with Gasteiger partial charge >= 0.3 is 0 Å². The second-order valence-electron chi connectivity index (χ2n) is 6.07. The molecular weight excluding hydrogens is 372 g/mol. The zero-order valence-electron chi connectivity index (χ0n) is 13.8. The molecule has 25 heavy (non-hydrogen) atoms. The molecule has 1 fully saturated rings. The molecule has 0 aliphatic heterocycles. The van der Waals surface area contributed by atoms with Crippen molar-refractivity contribution in [2.45, 2.75) is 42.5 Å². The van der Waals surface area contributed by atoms with E-state index in [0.29, 0.717) is 3.95 Å². The lowest BCUT2D eigenvalue weighted by Gasteiger charge is -2.21. The van der Waals surface area contributed by atoms with Crippen molar-refractivity contribution < 1.29 is 4.79 Å². The lowest BCUT2D eigenvalue weighted by Crippen LogP contribution is -2.45. The maximum absolute atomic E-state index is 12.2. The van der Waals surface area contributed by atoms with Gasteiger partial charge in [0, 0.05) is 0 Å². The van der Waals surface area contributed by atoms with Crippen LogP contribution in [0.2, 0.25) is 0 Å². The Kier molecular flexibility index (Phi) is 5.57. The van der Waals surface area contributed by atoms with Gasteiger partial charge in [-0.05, 0) is 56.5 Å². The average Bonchev–Trinajstić information content (AvgIpc) is 3.21. The molecule has 8 heteroatoms. The van der Waals surface area contributed by atoms with E-state index < -0.39 is 5.54 Å². The number of rotatable bonds is 5.